The summed E-state index contributed by atoms with van der Waals surface area (Å²) in [6, 6.07) is 8.68. The largest absolute Gasteiger partial charge is 0.494 e. The van der Waals surface area contributed by atoms with Gasteiger partial charge in [-0.15, -0.1) is 0 Å². The van der Waals surface area contributed by atoms with E-state index in [1.54, 1.807) is 0 Å². The Balaban J connectivity index is 2.12. The first-order valence-corrected chi connectivity index (χ1v) is 6.21. The minimum atomic E-state index is 0.350. The van der Waals surface area contributed by atoms with Gasteiger partial charge in [-0.25, -0.2) is 5.43 Å². The molecule has 0 aliphatic carbocycles. The normalized spacial score (nSPS) is 23.9. The quantitative estimate of drug-likeness (QED) is 0.714. The van der Waals surface area contributed by atoms with Crippen LogP contribution in [0.5, 0.6) is 5.75 Å². The van der Waals surface area contributed by atoms with Gasteiger partial charge in [-0.05, 0) is 31.7 Å². The van der Waals surface area contributed by atoms with Crippen molar-refractivity contribution in [3.8, 4) is 5.75 Å². The van der Waals surface area contributed by atoms with Gasteiger partial charge in [0.25, 0.3) is 0 Å². The van der Waals surface area contributed by atoms with Crippen molar-refractivity contribution >= 4 is 0 Å². The second-order valence-corrected chi connectivity index (χ2v) is 4.33. The molecule has 0 spiro atoms. The highest BCUT2D eigenvalue weighted by Gasteiger charge is 2.27. The summed E-state index contributed by atoms with van der Waals surface area (Å²) in [4.78, 5) is 0. The number of hydrogen-bond donors (Lipinski definition) is 3. The van der Waals surface area contributed by atoms with Crippen LogP contribution in [0.2, 0.25) is 0 Å². The molecule has 0 aromatic heterocycles. The molecule has 17 heavy (non-hydrogen) atoms. The van der Waals surface area contributed by atoms with Gasteiger partial charge in [0, 0.05) is 19.0 Å². The third kappa shape index (κ3) is 2.97. The Bertz CT molecular complexity index is 356. The van der Waals surface area contributed by atoms with Crippen LogP contribution in [0.4, 0.5) is 0 Å². The molecule has 4 nitrogen and oxygen atoms in total. The minimum absolute atomic E-state index is 0.350. The summed E-state index contributed by atoms with van der Waals surface area (Å²) in [6.07, 6.45) is 0. The summed E-state index contributed by atoms with van der Waals surface area (Å²) in [5.41, 5.74) is 7.84. The lowest BCUT2D eigenvalue weighted by molar-refractivity contribution is 0.339. The van der Waals surface area contributed by atoms with Gasteiger partial charge in [-0.1, -0.05) is 12.1 Å². The van der Waals surface area contributed by atoms with E-state index >= 15 is 0 Å². The zero-order valence-electron chi connectivity index (χ0n) is 10.5. The SMILES string of the molecule is CCOc1cccc(C2NNCC2CNC)c1. The molecule has 2 rings (SSSR count). The smallest absolute Gasteiger partial charge is 0.119 e. The molecular formula is C13H21N3O. The molecule has 1 fully saturated rings. The second kappa shape index (κ2) is 6.00. The Morgan fingerprint density at radius 2 is 2.35 bits per heavy atom. The van der Waals surface area contributed by atoms with E-state index in [9.17, 15) is 0 Å². The third-order valence-electron chi connectivity index (χ3n) is 3.09. The molecule has 1 aliphatic rings. The lowest BCUT2D eigenvalue weighted by Gasteiger charge is -2.19. The first-order chi connectivity index (χ1) is 8.35. The van der Waals surface area contributed by atoms with Crippen LogP contribution in [0.25, 0.3) is 0 Å². The van der Waals surface area contributed by atoms with Crippen molar-refractivity contribution in [2.24, 2.45) is 5.92 Å². The standard InChI is InChI=1S/C13H21N3O/c1-3-17-12-6-4-5-10(7-12)13-11(8-14-2)9-15-16-13/h4-7,11,13-16H,3,8-9H2,1-2H3. The van der Waals surface area contributed by atoms with Crippen LogP contribution in [0.3, 0.4) is 0 Å². The first kappa shape index (κ1) is 12.4. The van der Waals surface area contributed by atoms with Gasteiger partial charge < -0.3 is 10.1 Å². The highest BCUT2D eigenvalue weighted by Crippen LogP contribution is 2.27. The van der Waals surface area contributed by atoms with Crippen molar-refractivity contribution in [1.29, 1.82) is 0 Å². The lowest BCUT2D eigenvalue weighted by atomic mass is 9.95. The molecule has 0 saturated carbocycles. The van der Waals surface area contributed by atoms with E-state index in [1.165, 1.54) is 5.56 Å². The molecule has 0 radical (unpaired) electrons. The van der Waals surface area contributed by atoms with E-state index in [0.29, 0.717) is 18.6 Å². The predicted molar refractivity (Wildman–Crippen MR) is 68.9 cm³/mol. The zero-order chi connectivity index (χ0) is 12.1. The molecule has 1 aliphatic heterocycles. The number of ether oxygens (including phenoxy) is 1. The van der Waals surface area contributed by atoms with Crippen molar-refractivity contribution < 1.29 is 4.74 Å². The molecule has 0 amide bonds. The van der Waals surface area contributed by atoms with Crippen molar-refractivity contribution in [2.75, 3.05) is 26.7 Å². The van der Waals surface area contributed by atoms with Gasteiger partial charge in [-0.3, -0.25) is 5.43 Å². The Labute approximate surface area is 103 Å². The third-order valence-corrected chi connectivity index (χ3v) is 3.09. The Kier molecular flexibility index (Phi) is 4.36. The summed E-state index contributed by atoms with van der Waals surface area (Å²) in [5, 5.41) is 3.24. The maximum absolute atomic E-state index is 5.54. The summed E-state index contributed by atoms with van der Waals surface area (Å²) < 4.78 is 5.54. The van der Waals surface area contributed by atoms with Crippen LogP contribution in [-0.4, -0.2) is 26.7 Å². The Morgan fingerprint density at radius 3 is 3.12 bits per heavy atom. The molecule has 4 heteroatoms. The number of benzene rings is 1. The van der Waals surface area contributed by atoms with Gasteiger partial charge in [-0.2, -0.15) is 0 Å². The summed E-state index contributed by atoms with van der Waals surface area (Å²) >= 11 is 0. The summed E-state index contributed by atoms with van der Waals surface area (Å²) in [5.74, 6) is 1.51. The van der Waals surface area contributed by atoms with Gasteiger partial charge >= 0.3 is 0 Å². The Morgan fingerprint density at radius 1 is 1.47 bits per heavy atom. The van der Waals surface area contributed by atoms with Crippen LogP contribution < -0.4 is 20.9 Å². The van der Waals surface area contributed by atoms with E-state index in [1.807, 2.05) is 20.0 Å². The fourth-order valence-electron chi connectivity index (χ4n) is 2.31. The van der Waals surface area contributed by atoms with Crippen molar-refractivity contribution in [1.82, 2.24) is 16.2 Å². The van der Waals surface area contributed by atoms with Crippen LogP contribution >= 0.6 is 0 Å². The van der Waals surface area contributed by atoms with Crippen molar-refractivity contribution in [3.05, 3.63) is 29.8 Å². The fourth-order valence-corrected chi connectivity index (χ4v) is 2.31. The highest BCUT2D eigenvalue weighted by atomic mass is 16.5. The van der Waals surface area contributed by atoms with Crippen LogP contribution in [0, 0.1) is 5.92 Å². The van der Waals surface area contributed by atoms with Crippen LogP contribution in [0.1, 0.15) is 18.5 Å². The molecule has 3 N–H and O–H groups in total. The fraction of sp³-hybridized carbons (Fsp3) is 0.538. The number of hydrogen-bond acceptors (Lipinski definition) is 4. The summed E-state index contributed by atoms with van der Waals surface area (Å²) in [6.45, 7) is 4.71. The van der Waals surface area contributed by atoms with E-state index in [-0.39, 0.29) is 0 Å². The number of hydrazine groups is 1. The maximum atomic E-state index is 5.54. The lowest BCUT2D eigenvalue weighted by Crippen LogP contribution is -2.27. The minimum Gasteiger partial charge on any atom is -0.494 e. The Hall–Kier alpha value is -1.10. The molecule has 2 unspecified atom stereocenters. The molecule has 2 atom stereocenters. The van der Waals surface area contributed by atoms with E-state index < -0.39 is 0 Å². The molecular weight excluding hydrogens is 214 g/mol. The average Bonchev–Trinajstić information content (AvgIpc) is 2.79. The molecule has 1 aromatic carbocycles. The topological polar surface area (TPSA) is 45.3 Å². The molecule has 1 heterocycles. The second-order valence-electron chi connectivity index (χ2n) is 4.33. The van der Waals surface area contributed by atoms with Gasteiger partial charge in [0.15, 0.2) is 0 Å². The van der Waals surface area contributed by atoms with Gasteiger partial charge in [0.1, 0.15) is 5.75 Å². The molecule has 1 saturated heterocycles. The number of nitrogens with one attached hydrogen (secondary N) is 3. The molecule has 94 valence electrons. The van der Waals surface area contributed by atoms with Gasteiger partial charge in [0.05, 0.1) is 12.6 Å². The van der Waals surface area contributed by atoms with E-state index in [0.717, 1.165) is 18.8 Å². The average molecular weight is 235 g/mol. The van der Waals surface area contributed by atoms with E-state index in [2.05, 4.69) is 34.4 Å². The van der Waals surface area contributed by atoms with Crippen molar-refractivity contribution in [3.63, 3.8) is 0 Å². The van der Waals surface area contributed by atoms with Crippen LogP contribution in [0.15, 0.2) is 24.3 Å². The van der Waals surface area contributed by atoms with Crippen molar-refractivity contribution in [2.45, 2.75) is 13.0 Å². The number of rotatable bonds is 5. The highest BCUT2D eigenvalue weighted by molar-refractivity contribution is 5.31. The van der Waals surface area contributed by atoms with Crippen LogP contribution in [-0.2, 0) is 0 Å². The maximum Gasteiger partial charge on any atom is 0.119 e. The zero-order valence-corrected chi connectivity index (χ0v) is 10.5. The predicted octanol–water partition coefficient (Wildman–Crippen LogP) is 1.07. The van der Waals surface area contributed by atoms with E-state index in [4.69, 9.17) is 4.74 Å². The summed E-state index contributed by atoms with van der Waals surface area (Å²) in [7, 11) is 1.99. The monoisotopic (exact) mass is 235 g/mol. The van der Waals surface area contributed by atoms with Gasteiger partial charge in [0.2, 0.25) is 0 Å². The first-order valence-electron chi connectivity index (χ1n) is 6.21. The molecule has 0 bridgehead atoms. The molecule has 1 aromatic rings.